The molecule has 0 heterocycles. The molecule has 6 heteroatoms. The maximum atomic E-state index is 12.5. The Bertz CT molecular complexity index is 745. The molecule has 0 amide bonds. The van der Waals surface area contributed by atoms with Gasteiger partial charge in [-0.1, -0.05) is 28.1 Å². The minimum atomic E-state index is -3.58. The number of nitrogens with one attached hydrogen (secondary N) is 2. The Hall–Kier alpha value is -1.37. The summed E-state index contributed by atoms with van der Waals surface area (Å²) in [5.41, 5.74) is 2.37. The highest BCUT2D eigenvalue weighted by atomic mass is 79.9. The van der Waals surface area contributed by atoms with Gasteiger partial charge in [-0.05, 0) is 55.4 Å². The molecule has 0 fully saturated rings. The molecule has 21 heavy (non-hydrogen) atoms. The second-order valence-electron chi connectivity index (χ2n) is 4.74. The second-order valence-corrected chi connectivity index (χ2v) is 7.34. The average Bonchev–Trinajstić information content (AvgIpc) is 2.43. The summed E-state index contributed by atoms with van der Waals surface area (Å²) in [5, 5.41) is 3.01. The number of hydrogen-bond acceptors (Lipinski definition) is 3. The highest BCUT2D eigenvalue weighted by molar-refractivity contribution is 9.10. The van der Waals surface area contributed by atoms with Gasteiger partial charge in [-0.2, -0.15) is 0 Å². The van der Waals surface area contributed by atoms with E-state index in [2.05, 4.69) is 26.0 Å². The van der Waals surface area contributed by atoms with Gasteiger partial charge in [0.05, 0.1) is 10.6 Å². The van der Waals surface area contributed by atoms with Gasteiger partial charge in [-0.15, -0.1) is 0 Å². The third-order valence-corrected chi connectivity index (χ3v) is 4.88. The molecule has 0 aliphatic rings. The average molecular weight is 369 g/mol. The lowest BCUT2D eigenvalue weighted by Crippen LogP contribution is -2.14. The van der Waals surface area contributed by atoms with E-state index < -0.39 is 10.0 Å². The Morgan fingerprint density at radius 3 is 2.57 bits per heavy atom. The first-order valence-electron chi connectivity index (χ1n) is 6.45. The molecular weight excluding hydrogens is 352 g/mol. The molecule has 0 bridgehead atoms. The smallest absolute Gasteiger partial charge is 0.261 e. The first-order chi connectivity index (χ1) is 9.92. The minimum absolute atomic E-state index is 0.262. The van der Waals surface area contributed by atoms with Gasteiger partial charge in [0.25, 0.3) is 10.0 Å². The van der Waals surface area contributed by atoms with Gasteiger partial charge in [0, 0.05) is 11.0 Å². The molecule has 0 aliphatic carbocycles. The number of aryl methyl sites for hydroxylation is 1. The van der Waals surface area contributed by atoms with Crippen LogP contribution >= 0.6 is 15.9 Å². The monoisotopic (exact) mass is 368 g/mol. The van der Waals surface area contributed by atoms with Gasteiger partial charge in [-0.25, -0.2) is 8.42 Å². The summed E-state index contributed by atoms with van der Waals surface area (Å²) < 4.78 is 28.5. The van der Waals surface area contributed by atoms with Crippen molar-refractivity contribution in [3.63, 3.8) is 0 Å². The van der Waals surface area contributed by atoms with Crippen molar-refractivity contribution in [3.8, 4) is 0 Å². The molecule has 2 N–H and O–H groups in total. The molecule has 0 aromatic heterocycles. The summed E-state index contributed by atoms with van der Waals surface area (Å²) in [6.07, 6.45) is 0. The van der Waals surface area contributed by atoms with Crippen molar-refractivity contribution in [2.75, 3.05) is 11.8 Å². The summed E-state index contributed by atoms with van der Waals surface area (Å²) in [6, 6.07) is 12.3. The van der Waals surface area contributed by atoms with Gasteiger partial charge in [-0.3, -0.25) is 4.72 Å². The van der Waals surface area contributed by atoms with E-state index in [1.165, 1.54) is 0 Å². The van der Waals surface area contributed by atoms with Crippen LogP contribution in [0.3, 0.4) is 0 Å². The predicted molar refractivity (Wildman–Crippen MR) is 88.9 cm³/mol. The Balaban J connectivity index is 2.31. The lowest BCUT2D eigenvalue weighted by molar-refractivity contribution is 0.601. The van der Waals surface area contributed by atoms with Crippen LogP contribution in [0.4, 0.5) is 5.69 Å². The predicted octanol–water partition coefficient (Wildman–Crippen LogP) is 3.28. The standard InChI is InChI=1S/C15H17BrN2O2S/c1-11-8-13(16)6-7-15(11)18-21(19,20)14-5-3-4-12(9-14)10-17-2/h3-9,17-18H,10H2,1-2H3. The first kappa shape index (κ1) is 16.0. The Kier molecular flexibility index (Phi) is 5.03. The number of sulfonamides is 1. The summed E-state index contributed by atoms with van der Waals surface area (Å²) in [5.74, 6) is 0. The van der Waals surface area contributed by atoms with Crippen LogP contribution in [0.1, 0.15) is 11.1 Å². The summed E-state index contributed by atoms with van der Waals surface area (Å²) in [4.78, 5) is 0.262. The quantitative estimate of drug-likeness (QED) is 0.851. The molecule has 0 radical (unpaired) electrons. The Morgan fingerprint density at radius 1 is 1.14 bits per heavy atom. The molecule has 0 aliphatic heterocycles. The van der Waals surface area contributed by atoms with Crippen LogP contribution < -0.4 is 10.0 Å². The highest BCUT2D eigenvalue weighted by Gasteiger charge is 2.15. The van der Waals surface area contributed by atoms with Crippen molar-refractivity contribution in [3.05, 3.63) is 58.1 Å². The molecule has 4 nitrogen and oxygen atoms in total. The van der Waals surface area contributed by atoms with E-state index in [0.29, 0.717) is 12.2 Å². The maximum Gasteiger partial charge on any atom is 0.261 e. The lowest BCUT2D eigenvalue weighted by Gasteiger charge is -2.11. The number of benzene rings is 2. The molecule has 2 rings (SSSR count). The number of rotatable bonds is 5. The summed E-state index contributed by atoms with van der Waals surface area (Å²) in [7, 11) is -1.76. The summed E-state index contributed by atoms with van der Waals surface area (Å²) in [6.45, 7) is 2.49. The zero-order valence-electron chi connectivity index (χ0n) is 11.9. The van der Waals surface area contributed by atoms with E-state index in [-0.39, 0.29) is 4.90 Å². The van der Waals surface area contributed by atoms with Crippen molar-refractivity contribution < 1.29 is 8.42 Å². The van der Waals surface area contributed by atoms with E-state index in [0.717, 1.165) is 15.6 Å². The van der Waals surface area contributed by atoms with E-state index in [1.807, 2.05) is 32.2 Å². The number of halogens is 1. The van der Waals surface area contributed by atoms with E-state index in [4.69, 9.17) is 0 Å². The number of anilines is 1. The molecule has 112 valence electrons. The van der Waals surface area contributed by atoms with Crippen LogP contribution in [0.5, 0.6) is 0 Å². The fourth-order valence-corrected chi connectivity index (χ4v) is 3.65. The van der Waals surface area contributed by atoms with Gasteiger partial charge < -0.3 is 5.32 Å². The number of hydrogen-bond donors (Lipinski definition) is 2. The van der Waals surface area contributed by atoms with Gasteiger partial charge in [0.2, 0.25) is 0 Å². The molecular formula is C15H17BrN2O2S. The van der Waals surface area contributed by atoms with Crippen LogP contribution in [-0.2, 0) is 16.6 Å². The van der Waals surface area contributed by atoms with Crippen molar-refractivity contribution in [1.29, 1.82) is 0 Å². The van der Waals surface area contributed by atoms with Gasteiger partial charge in [0.1, 0.15) is 0 Å². The zero-order valence-corrected chi connectivity index (χ0v) is 14.3. The third-order valence-electron chi connectivity index (χ3n) is 3.02. The fraction of sp³-hybridized carbons (Fsp3) is 0.200. The Morgan fingerprint density at radius 2 is 1.90 bits per heavy atom. The first-order valence-corrected chi connectivity index (χ1v) is 8.72. The topological polar surface area (TPSA) is 58.2 Å². The Labute approximate surface area is 133 Å². The molecule has 0 unspecified atom stereocenters. The molecule has 2 aromatic carbocycles. The molecule has 2 aromatic rings. The molecule has 0 saturated carbocycles. The van der Waals surface area contributed by atoms with E-state index in [1.54, 1.807) is 24.3 Å². The van der Waals surface area contributed by atoms with Crippen molar-refractivity contribution in [2.24, 2.45) is 0 Å². The van der Waals surface area contributed by atoms with Gasteiger partial charge in [0.15, 0.2) is 0 Å². The van der Waals surface area contributed by atoms with Crippen molar-refractivity contribution >= 4 is 31.6 Å². The summed E-state index contributed by atoms with van der Waals surface area (Å²) >= 11 is 3.36. The molecule has 0 atom stereocenters. The van der Waals surface area contributed by atoms with Crippen LogP contribution in [0, 0.1) is 6.92 Å². The van der Waals surface area contributed by atoms with Gasteiger partial charge >= 0.3 is 0 Å². The lowest BCUT2D eigenvalue weighted by atomic mass is 10.2. The van der Waals surface area contributed by atoms with Crippen LogP contribution in [-0.4, -0.2) is 15.5 Å². The fourth-order valence-electron chi connectivity index (χ4n) is 1.97. The maximum absolute atomic E-state index is 12.5. The SMILES string of the molecule is CNCc1cccc(S(=O)(=O)Nc2ccc(Br)cc2C)c1. The van der Waals surface area contributed by atoms with E-state index in [9.17, 15) is 8.42 Å². The minimum Gasteiger partial charge on any atom is -0.316 e. The third kappa shape index (κ3) is 4.06. The van der Waals surface area contributed by atoms with Crippen LogP contribution in [0.25, 0.3) is 0 Å². The van der Waals surface area contributed by atoms with Crippen LogP contribution in [0.15, 0.2) is 51.8 Å². The largest absolute Gasteiger partial charge is 0.316 e. The highest BCUT2D eigenvalue weighted by Crippen LogP contribution is 2.23. The van der Waals surface area contributed by atoms with Crippen LogP contribution in [0.2, 0.25) is 0 Å². The van der Waals surface area contributed by atoms with Crippen molar-refractivity contribution in [1.82, 2.24) is 5.32 Å². The normalized spacial score (nSPS) is 11.4. The second kappa shape index (κ2) is 6.60. The molecule has 0 spiro atoms. The molecule has 0 saturated heterocycles. The van der Waals surface area contributed by atoms with E-state index >= 15 is 0 Å². The zero-order chi connectivity index (χ0) is 15.5. The van der Waals surface area contributed by atoms with Crippen molar-refractivity contribution in [2.45, 2.75) is 18.4 Å².